The van der Waals surface area contributed by atoms with Crippen LogP contribution < -0.4 is 10.6 Å². The molecule has 0 aromatic rings. The molecule has 0 spiro atoms. The largest absolute Gasteiger partial charge is 0.481 e. The lowest BCUT2D eigenvalue weighted by Crippen LogP contribution is -2.46. The molecule has 7 heteroatoms. The Hall–Kier alpha value is -1.11. The SMILES string of the molecule is CC(CCCC(=O)O)NC(=O)NC(C)CS(C)=O. The zero-order valence-corrected chi connectivity index (χ0v) is 11.9. The first kappa shape index (κ1) is 16.9. The van der Waals surface area contributed by atoms with Gasteiger partial charge in [0, 0.05) is 41.3 Å². The molecule has 0 aliphatic rings. The zero-order chi connectivity index (χ0) is 14.1. The fourth-order valence-electron chi connectivity index (χ4n) is 1.51. The van der Waals surface area contributed by atoms with E-state index in [1.165, 1.54) is 0 Å². The number of carbonyl (C=O) groups is 2. The highest BCUT2D eigenvalue weighted by molar-refractivity contribution is 7.84. The van der Waals surface area contributed by atoms with E-state index < -0.39 is 16.8 Å². The van der Waals surface area contributed by atoms with Crippen molar-refractivity contribution < 1.29 is 18.9 Å². The van der Waals surface area contributed by atoms with Crippen molar-refractivity contribution in [1.82, 2.24) is 10.6 Å². The first-order valence-corrected chi connectivity index (χ1v) is 7.62. The van der Waals surface area contributed by atoms with Gasteiger partial charge in [0.1, 0.15) is 0 Å². The molecule has 0 aliphatic carbocycles. The van der Waals surface area contributed by atoms with Crippen molar-refractivity contribution in [3.05, 3.63) is 0 Å². The number of aliphatic carboxylic acids is 1. The van der Waals surface area contributed by atoms with E-state index in [9.17, 15) is 13.8 Å². The number of carbonyl (C=O) groups excluding carboxylic acids is 1. The molecule has 0 fully saturated rings. The van der Waals surface area contributed by atoms with E-state index in [-0.39, 0.29) is 24.5 Å². The van der Waals surface area contributed by atoms with Gasteiger partial charge in [-0.25, -0.2) is 4.79 Å². The molecule has 0 aliphatic heterocycles. The minimum atomic E-state index is -0.943. The zero-order valence-electron chi connectivity index (χ0n) is 11.1. The Labute approximate surface area is 110 Å². The molecule has 0 bridgehead atoms. The smallest absolute Gasteiger partial charge is 0.315 e. The van der Waals surface area contributed by atoms with Crippen molar-refractivity contribution in [2.24, 2.45) is 0 Å². The molecule has 0 saturated heterocycles. The fourth-order valence-corrected chi connectivity index (χ4v) is 2.30. The Morgan fingerprint density at radius 3 is 2.28 bits per heavy atom. The van der Waals surface area contributed by atoms with Gasteiger partial charge < -0.3 is 15.7 Å². The highest BCUT2D eigenvalue weighted by Gasteiger charge is 2.11. The molecule has 0 heterocycles. The normalized spacial score (nSPS) is 15.5. The lowest BCUT2D eigenvalue weighted by atomic mass is 10.1. The van der Waals surface area contributed by atoms with E-state index in [1.807, 2.05) is 6.92 Å². The molecule has 0 saturated carbocycles. The summed E-state index contributed by atoms with van der Waals surface area (Å²) in [6, 6.07) is -0.540. The van der Waals surface area contributed by atoms with E-state index in [2.05, 4.69) is 10.6 Å². The third-order valence-electron chi connectivity index (χ3n) is 2.27. The van der Waals surface area contributed by atoms with Crippen molar-refractivity contribution in [3.8, 4) is 0 Å². The van der Waals surface area contributed by atoms with Crippen LogP contribution in [0.2, 0.25) is 0 Å². The summed E-state index contributed by atoms with van der Waals surface area (Å²) in [4.78, 5) is 21.8. The van der Waals surface area contributed by atoms with Crippen LogP contribution in [0.25, 0.3) is 0 Å². The summed E-state index contributed by atoms with van der Waals surface area (Å²) in [7, 11) is -0.943. The van der Waals surface area contributed by atoms with Crippen LogP contribution in [-0.4, -0.2) is 45.4 Å². The van der Waals surface area contributed by atoms with Gasteiger partial charge in [-0.2, -0.15) is 0 Å². The molecule has 0 radical (unpaired) electrons. The molecule has 0 aromatic heterocycles. The van der Waals surface area contributed by atoms with Crippen molar-refractivity contribution in [3.63, 3.8) is 0 Å². The summed E-state index contributed by atoms with van der Waals surface area (Å²) in [6.45, 7) is 3.61. The van der Waals surface area contributed by atoms with Crippen LogP contribution in [-0.2, 0) is 15.6 Å². The minimum Gasteiger partial charge on any atom is -0.481 e. The van der Waals surface area contributed by atoms with Gasteiger partial charge in [-0.15, -0.1) is 0 Å². The number of hydrogen-bond donors (Lipinski definition) is 3. The average Bonchev–Trinajstić information content (AvgIpc) is 2.14. The Morgan fingerprint density at radius 1 is 1.22 bits per heavy atom. The number of rotatable bonds is 8. The molecule has 6 nitrogen and oxygen atoms in total. The Balaban J connectivity index is 3.79. The molecule has 3 N–H and O–H groups in total. The molecule has 106 valence electrons. The summed E-state index contributed by atoms with van der Waals surface area (Å²) in [5.74, 6) is -0.411. The molecule has 0 rings (SSSR count). The third kappa shape index (κ3) is 10.1. The van der Waals surface area contributed by atoms with Crippen molar-refractivity contribution >= 4 is 22.8 Å². The van der Waals surface area contributed by atoms with Crippen LogP contribution >= 0.6 is 0 Å². The first-order valence-electron chi connectivity index (χ1n) is 5.90. The summed E-state index contributed by atoms with van der Waals surface area (Å²) >= 11 is 0. The first-order chi connectivity index (χ1) is 8.31. The number of hydrogen-bond acceptors (Lipinski definition) is 3. The number of carboxylic acid groups (broad SMARTS) is 1. The second-order valence-electron chi connectivity index (χ2n) is 4.45. The summed E-state index contributed by atoms with van der Waals surface area (Å²) in [5.41, 5.74) is 0. The Morgan fingerprint density at radius 2 is 1.78 bits per heavy atom. The third-order valence-corrected chi connectivity index (χ3v) is 3.24. The predicted octanol–water partition coefficient (Wildman–Crippen LogP) is 0.696. The van der Waals surface area contributed by atoms with Crippen LogP contribution in [0.1, 0.15) is 33.1 Å². The van der Waals surface area contributed by atoms with Gasteiger partial charge >= 0.3 is 12.0 Å². The lowest BCUT2D eigenvalue weighted by molar-refractivity contribution is -0.137. The summed E-state index contributed by atoms with van der Waals surface area (Å²) in [5, 5.41) is 13.9. The second kappa shape index (κ2) is 8.91. The molecule has 0 aromatic carbocycles. The maximum atomic E-state index is 11.5. The van der Waals surface area contributed by atoms with Gasteiger partial charge in [0.05, 0.1) is 0 Å². The van der Waals surface area contributed by atoms with Crippen LogP contribution in [0.4, 0.5) is 4.79 Å². The maximum absolute atomic E-state index is 11.5. The Kier molecular flexibility index (Phi) is 8.36. The van der Waals surface area contributed by atoms with Crippen molar-refractivity contribution in [2.45, 2.75) is 45.2 Å². The standard InChI is InChI=1S/C11H22N2O4S/c1-8(5-4-6-10(14)15)12-11(16)13-9(2)7-18(3)17/h8-9H,4-7H2,1-3H3,(H,14,15)(H2,12,13,16). The predicted molar refractivity (Wildman–Crippen MR) is 71.0 cm³/mol. The van der Waals surface area contributed by atoms with E-state index in [1.54, 1.807) is 13.2 Å². The van der Waals surface area contributed by atoms with Gasteiger partial charge in [-0.05, 0) is 26.7 Å². The van der Waals surface area contributed by atoms with Gasteiger partial charge in [-0.1, -0.05) is 0 Å². The number of urea groups is 1. The molecule has 2 amide bonds. The molecule has 3 unspecified atom stereocenters. The highest BCUT2D eigenvalue weighted by Crippen LogP contribution is 2.00. The molecule has 18 heavy (non-hydrogen) atoms. The van der Waals surface area contributed by atoms with Crippen LogP contribution in [0.3, 0.4) is 0 Å². The quantitative estimate of drug-likeness (QED) is 0.609. The Bertz CT molecular complexity index is 309. The monoisotopic (exact) mass is 278 g/mol. The fraction of sp³-hybridized carbons (Fsp3) is 0.818. The summed E-state index contributed by atoms with van der Waals surface area (Å²) < 4.78 is 10.9. The van der Waals surface area contributed by atoms with Crippen LogP contribution in [0.5, 0.6) is 0 Å². The number of amides is 2. The van der Waals surface area contributed by atoms with E-state index >= 15 is 0 Å². The van der Waals surface area contributed by atoms with Crippen LogP contribution in [0.15, 0.2) is 0 Å². The molecular formula is C11H22N2O4S. The van der Waals surface area contributed by atoms with E-state index in [0.717, 1.165) is 0 Å². The molecular weight excluding hydrogens is 256 g/mol. The molecule has 3 atom stereocenters. The maximum Gasteiger partial charge on any atom is 0.315 e. The number of carboxylic acids is 1. The minimum absolute atomic E-state index is 0.0799. The van der Waals surface area contributed by atoms with Gasteiger partial charge in [-0.3, -0.25) is 9.00 Å². The summed E-state index contributed by atoms with van der Waals surface area (Å²) in [6.07, 6.45) is 2.85. The van der Waals surface area contributed by atoms with Crippen LogP contribution in [0, 0.1) is 0 Å². The lowest BCUT2D eigenvalue weighted by Gasteiger charge is -2.17. The van der Waals surface area contributed by atoms with Gasteiger partial charge in [0.25, 0.3) is 0 Å². The van der Waals surface area contributed by atoms with Gasteiger partial charge in [0.15, 0.2) is 0 Å². The second-order valence-corrected chi connectivity index (χ2v) is 5.93. The topological polar surface area (TPSA) is 95.5 Å². The van der Waals surface area contributed by atoms with Gasteiger partial charge in [0.2, 0.25) is 0 Å². The van der Waals surface area contributed by atoms with Crippen molar-refractivity contribution in [2.75, 3.05) is 12.0 Å². The number of nitrogens with one attached hydrogen (secondary N) is 2. The van der Waals surface area contributed by atoms with E-state index in [0.29, 0.717) is 18.6 Å². The van der Waals surface area contributed by atoms with Crippen molar-refractivity contribution in [1.29, 1.82) is 0 Å². The van der Waals surface area contributed by atoms with E-state index in [4.69, 9.17) is 5.11 Å². The average molecular weight is 278 g/mol. The highest BCUT2D eigenvalue weighted by atomic mass is 32.2.